The number of carboxylic acids is 1. The Morgan fingerprint density at radius 2 is 1.61 bits per heavy atom. The molecule has 0 saturated heterocycles. The average Bonchev–Trinajstić information content (AvgIpc) is 3.46. The van der Waals surface area contributed by atoms with E-state index in [9.17, 15) is 24.3 Å². The normalized spacial score (nSPS) is 13.4. The lowest BCUT2D eigenvalue weighted by Gasteiger charge is -2.17. The van der Waals surface area contributed by atoms with Crippen molar-refractivity contribution in [3.63, 3.8) is 0 Å². The van der Waals surface area contributed by atoms with Crippen LogP contribution in [0.25, 0.3) is 16.4 Å². The van der Waals surface area contributed by atoms with Crippen molar-refractivity contribution < 1.29 is 24.3 Å². The predicted octanol–water partition coefficient (Wildman–Crippen LogP) is 3.62. The van der Waals surface area contributed by atoms with Crippen LogP contribution in [-0.4, -0.2) is 44.0 Å². The Labute approximate surface area is 204 Å². The molecule has 5 aromatic rings. The number of carbonyl (C=O) groups is 4. The fourth-order valence-electron chi connectivity index (χ4n) is 4.97. The molecule has 0 saturated carbocycles. The molecule has 0 radical (unpaired) electrons. The summed E-state index contributed by atoms with van der Waals surface area (Å²) in [5.41, 5.74) is 2.51. The molecule has 0 spiro atoms. The van der Waals surface area contributed by atoms with Gasteiger partial charge in [-0.1, -0.05) is 48.5 Å². The third kappa shape index (κ3) is 3.15. The number of hydrogen-bond donors (Lipinski definition) is 3. The number of pyridine rings is 1. The second kappa shape index (κ2) is 8.06. The van der Waals surface area contributed by atoms with Crippen molar-refractivity contribution in [2.75, 3.05) is 0 Å². The quantitative estimate of drug-likeness (QED) is 0.350. The van der Waals surface area contributed by atoms with E-state index >= 15 is 0 Å². The van der Waals surface area contributed by atoms with Gasteiger partial charge in [-0.25, -0.2) is 4.79 Å². The first-order valence-electron chi connectivity index (χ1n) is 11.4. The van der Waals surface area contributed by atoms with Crippen LogP contribution in [-0.2, 0) is 11.2 Å². The Kier molecular flexibility index (Phi) is 4.82. The first-order valence-corrected chi connectivity index (χ1v) is 11.4. The van der Waals surface area contributed by atoms with Crippen molar-refractivity contribution in [2.24, 2.45) is 0 Å². The SMILES string of the molecule is O=C1c2ccccc2C(=O)c2c1c(C(=O)NC(Cc1c[nH]c3ccccc13)C(=O)O)c1ccccn21. The maximum atomic E-state index is 13.6. The highest BCUT2D eigenvalue weighted by atomic mass is 16.4. The van der Waals surface area contributed by atoms with Crippen LogP contribution < -0.4 is 5.32 Å². The molecular weight excluding hydrogens is 458 g/mol. The van der Waals surface area contributed by atoms with Crippen LogP contribution in [0.4, 0.5) is 0 Å². The fraction of sp³-hybridized carbons (Fsp3) is 0.0714. The Morgan fingerprint density at radius 1 is 0.917 bits per heavy atom. The van der Waals surface area contributed by atoms with Crippen LogP contribution in [0.15, 0.2) is 79.1 Å². The number of aliphatic carboxylic acids is 1. The number of carboxylic acid groups (broad SMARTS) is 1. The van der Waals surface area contributed by atoms with E-state index in [-0.39, 0.29) is 40.2 Å². The van der Waals surface area contributed by atoms with Gasteiger partial charge in [0.05, 0.1) is 16.6 Å². The van der Waals surface area contributed by atoms with Gasteiger partial charge >= 0.3 is 5.97 Å². The van der Waals surface area contributed by atoms with Gasteiger partial charge in [-0.15, -0.1) is 0 Å². The van der Waals surface area contributed by atoms with Crippen LogP contribution in [0.2, 0.25) is 0 Å². The van der Waals surface area contributed by atoms with Crippen LogP contribution in [0.3, 0.4) is 0 Å². The zero-order valence-electron chi connectivity index (χ0n) is 18.8. The molecule has 3 N–H and O–H groups in total. The molecule has 1 atom stereocenters. The molecular formula is C28H19N3O5. The van der Waals surface area contributed by atoms with Crippen LogP contribution in [0.1, 0.15) is 47.9 Å². The number of rotatable bonds is 5. The summed E-state index contributed by atoms with van der Waals surface area (Å²) in [7, 11) is 0. The third-order valence-electron chi connectivity index (χ3n) is 6.63. The molecule has 0 fully saturated rings. The maximum absolute atomic E-state index is 13.6. The number of H-pyrrole nitrogens is 1. The maximum Gasteiger partial charge on any atom is 0.326 e. The van der Waals surface area contributed by atoms with E-state index < -0.39 is 23.7 Å². The second-order valence-corrected chi connectivity index (χ2v) is 8.69. The van der Waals surface area contributed by atoms with Crippen molar-refractivity contribution in [2.45, 2.75) is 12.5 Å². The van der Waals surface area contributed by atoms with Gasteiger partial charge in [0.2, 0.25) is 5.78 Å². The largest absolute Gasteiger partial charge is 0.480 e. The molecule has 8 nitrogen and oxygen atoms in total. The molecule has 1 unspecified atom stereocenters. The zero-order valence-corrected chi connectivity index (χ0v) is 18.8. The molecule has 1 amide bonds. The number of benzene rings is 2. The third-order valence-corrected chi connectivity index (χ3v) is 6.63. The number of nitrogens with zero attached hydrogens (tertiary/aromatic N) is 1. The molecule has 3 aromatic heterocycles. The number of para-hydroxylation sites is 1. The van der Waals surface area contributed by atoms with Crippen molar-refractivity contribution >= 4 is 39.9 Å². The van der Waals surface area contributed by atoms with E-state index in [1.165, 1.54) is 4.40 Å². The van der Waals surface area contributed by atoms with Gasteiger partial charge in [-0.3, -0.25) is 14.4 Å². The number of amides is 1. The smallest absolute Gasteiger partial charge is 0.326 e. The molecule has 6 rings (SSSR count). The molecule has 1 aliphatic rings. The van der Waals surface area contributed by atoms with E-state index in [0.29, 0.717) is 5.52 Å². The summed E-state index contributed by atoms with van der Waals surface area (Å²) < 4.78 is 1.52. The average molecular weight is 477 g/mol. The number of fused-ring (bicyclic) bond motifs is 5. The van der Waals surface area contributed by atoms with Gasteiger partial charge in [-0.05, 0) is 23.8 Å². The number of ketones is 2. The lowest BCUT2D eigenvalue weighted by molar-refractivity contribution is -0.139. The molecule has 176 valence electrons. The number of carbonyl (C=O) groups excluding carboxylic acids is 3. The Bertz CT molecular complexity index is 1740. The van der Waals surface area contributed by atoms with E-state index in [0.717, 1.165) is 16.5 Å². The predicted molar refractivity (Wildman–Crippen MR) is 132 cm³/mol. The molecule has 0 bridgehead atoms. The summed E-state index contributed by atoms with van der Waals surface area (Å²) >= 11 is 0. The standard InChI is InChI=1S/C28H19N3O5/c32-25-17-8-1-2-9-18(17)26(33)24-23(25)22(21-11-5-6-12-31(21)24)27(34)30-20(28(35)36)13-15-14-29-19-10-4-3-7-16(15)19/h1-12,14,20,29H,13H2,(H,30,34)(H,35,36). The van der Waals surface area contributed by atoms with E-state index in [1.807, 2.05) is 24.3 Å². The van der Waals surface area contributed by atoms with Gasteiger partial charge in [-0.2, -0.15) is 0 Å². The Morgan fingerprint density at radius 3 is 2.39 bits per heavy atom. The lowest BCUT2D eigenvalue weighted by Crippen LogP contribution is -2.42. The van der Waals surface area contributed by atoms with Crippen molar-refractivity contribution in [3.05, 3.63) is 113 Å². The number of nitrogens with one attached hydrogen (secondary N) is 2. The lowest BCUT2D eigenvalue weighted by atomic mass is 9.86. The Hall–Kier alpha value is -4.98. The van der Waals surface area contributed by atoms with Crippen molar-refractivity contribution in [1.29, 1.82) is 0 Å². The summed E-state index contributed by atoms with van der Waals surface area (Å²) in [6, 6.07) is 17.7. The highest BCUT2D eigenvalue weighted by Crippen LogP contribution is 2.33. The summed E-state index contributed by atoms with van der Waals surface area (Å²) in [5, 5.41) is 13.4. The molecule has 3 heterocycles. The van der Waals surface area contributed by atoms with Gasteiger partial charge in [0.1, 0.15) is 11.7 Å². The highest BCUT2D eigenvalue weighted by Gasteiger charge is 2.38. The van der Waals surface area contributed by atoms with Crippen LogP contribution >= 0.6 is 0 Å². The topological polar surface area (TPSA) is 121 Å². The van der Waals surface area contributed by atoms with Crippen LogP contribution in [0, 0.1) is 0 Å². The number of aromatic nitrogens is 2. The first-order chi connectivity index (χ1) is 17.5. The highest BCUT2D eigenvalue weighted by molar-refractivity contribution is 6.32. The summed E-state index contributed by atoms with van der Waals surface area (Å²) in [6.45, 7) is 0. The van der Waals surface area contributed by atoms with Crippen molar-refractivity contribution in [1.82, 2.24) is 14.7 Å². The van der Waals surface area contributed by atoms with E-state index in [2.05, 4.69) is 10.3 Å². The fourth-order valence-corrected chi connectivity index (χ4v) is 4.97. The van der Waals surface area contributed by atoms with Gasteiger partial charge in [0.15, 0.2) is 5.78 Å². The first kappa shape index (κ1) is 21.5. The molecule has 1 aliphatic carbocycles. The molecule has 36 heavy (non-hydrogen) atoms. The van der Waals surface area contributed by atoms with E-state index in [1.54, 1.807) is 54.9 Å². The van der Waals surface area contributed by atoms with Gasteiger partial charge < -0.3 is 19.8 Å². The monoisotopic (exact) mass is 477 g/mol. The van der Waals surface area contributed by atoms with Gasteiger partial charge in [0.25, 0.3) is 5.91 Å². The molecule has 8 heteroatoms. The number of aromatic amines is 1. The summed E-state index contributed by atoms with van der Waals surface area (Å²) in [5.74, 6) is -2.75. The summed E-state index contributed by atoms with van der Waals surface area (Å²) in [4.78, 5) is 55.7. The Balaban J connectivity index is 1.43. The minimum Gasteiger partial charge on any atom is -0.480 e. The minimum atomic E-state index is -1.26. The van der Waals surface area contributed by atoms with Gasteiger partial charge in [0, 0.05) is 40.8 Å². The molecule has 2 aromatic carbocycles. The van der Waals surface area contributed by atoms with Crippen LogP contribution in [0.5, 0.6) is 0 Å². The second-order valence-electron chi connectivity index (χ2n) is 8.69. The minimum absolute atomic E-state index is 0.0105. The number of hydrogen-bond acceptors (Lipinski definition) is 4. The van der Waals surface area contributed by atoms with Crippen molar-refractivity contribution in [3.8, 4) is 0 Å². The zero-order chi connectivity index (χ0) is 25.0. The molecule has 0 aliphatic heterocycles. The van der Waals surface area contributed by atoms with E-state index in [4.69, 9.17) is 0 Å². The summed E-state index contributed by atoms with van der Waals surface area (Å²) in [6.07, 6.45) is 3.38.